The Balaban J connectivity index is 0.000000180. The fourth-order valence-corrected chi connectivity index (χ4v) is 31.6. The van der Waals surface area contributed by atoms with Crippen molar-refractivity contribution in [3.63, 3.8) is 0 Å². The van der Waals surface area contributed by atoms with Crippen LogP contribution in [0, 0.1) is 29.6 Å². The SMILES string of the molecule is CC(C)(C)c1ccc(Oc2ccc3c(c2)C(C)(C)C2=CC4C(C=C23)CCC4[Si](C)(C)N(C2CCCCC2)C(C)(C)C)cc1.CC1CC2C=C3C(=CC2C1[Si](C)(C)N(C1CCCCC1)C(C)(C)C)C(C)(C)c1cc(Oc2ccc(C(C)(C)C)cc2)ccc13. The Morgan fingerprint density at radius 1 is 0.437 bits per heavy atom. The molecule has 0 spiro atoms. The molecule has 7 atom stereocenters. The third-order valence-corrected chi connectivity index (χ3v) is 33.1. The molecule has 4 nitrogen and oxygen atoms in total. The van der Waals surface area contributed by atoms with Crippen molar-refractivity contribution in [3.05, 3.63) is 154 Å². The van der Waals surface area contributed by atoms with Crippen molar-refractivity contribution in [2.45, 2.75) is 283 Å². The summed E-state index contributed by atoms with van der Waals surface area (Å²) >= 11 is 0. The van der Waals surface area contributed by atoms with Crippen molar-refractivity contribution in [1.82, 2.24) is 9.13 Å². The van der Waals surface area contributed by atoms with E-state index in [1.165, 1.54) is 128 Å². The van der Waals surface area contributed by atoms with Crippen molar-refractivity contribution >= 4 is 27.6 Å². The minimum atomic E-state index is -1.79. The molecule has 4 saturated carbocycles. The van der Waals surface area contributed by atoms with Gasteiger partial charge in [0.1, 0.15) is 39.5 Å². The number of nitrogens with zero attached hydrogens (tertiary/aromatic N) is 2. The Hall–Kier alpha value is -4.21. The van der Waals surface area contributed by atoms with Crippen LogP contribution in [-0.4, -0.2) is 48.8 Å². The lowest BCUT2D eigenvalue weighted by atomic mass is 9.76. The summed E-state index contributed by atoms with van der Waals surface area (Å²) in [4.78, 5) is 0. The largest absolute Gasteiger partial charge is 0.457 e. The first kappa shape index (κ1) is 64.3. The highest BCUT2D eigenvalue weighted by Crippen LogP contribution is 2.63. The van der Waals surface area contributed by atoms with Crippen LogP contribution in [0.25, 0.3) is 11.1 Å². The molecule has 4 fully saturated rings. The molecule has 0 bridgehead atoms. The quantitative estimate of drug-likeness (QED) is 0.148. The molecule has 4 aromatic carbocycles. The molecular formula is C81H116N2O2Si2. The van der Waals surface area contributed by atoms with Crippen LogP contribution in [0.4, 0.5) is 0 Å². The van der Waals surface area contributed by atoms with Crippen molar-refractivity contribution in [3.8, 4) is 23.0 Å². The van der Waals surface area contributed by atoms with Gasteiger partial charge in [0.25, 0.3) is 0 Å². The van der Waals surface area contributed by atoms with Gasteiger partial charge in [-0.15, -0.1) is 0 Å². The summed E-state index contributed by atoms with van der Waals surface area (Å²) in [6.45, 7) is 51.8. The van der Waals surface area contributed by atoms with E-state index in [-0.39, 0.29) is 32.7 Å². The predicted octanol–water partition coefficient (Wildman–Crippen LogP) is 23.1. The molecule has 4 aromatic rings. The summed E-state index contributed by atoms with van der Waals surface area (Å²) in [6.07, 6.45) is 29.1. The Labute approximate surface area is 532 Å². The number of allylic oxidation sites excluding steroid dienone is 8. The number of hydrogen-bond donors (Lipinski definition) is 0. The Kier molecular flexibility index (Phi) is 17.1. The van der Waals surface area contributed by atoms with Gasteiger partial charge in [0.15, 0.2) is 0 Å². The van der Waals surface area contributed by atoms with Gasteiger partial charge < -0.3 is 18.6 Å². The average Bonchev–Trinajstić information content (AvgIpc) is 1.60. The normalized spacial score (nSPS) is 26.3. The third kappa shape index (κ3) is 12.2. The van der Waals surface area contributed by atoms with Crippen molar-refractivity contribution in [2.24, 2.45) is 29.6 Å². The highest BCUT2D eigenvalue weighted by atomic mass is 28.3. The zero-order chi connectivity index (χ0) is 62.8. The minimum absolute atomic E-state index is 0.0203. The number of benzene rings is 4. The van der Waals surface area contributed by atoms with Gasteiger partial charge in [-0.25, -0.2) is 0 Å². The second-order valence-electron chi connectivity index (χ2n) is 35.1. The number of fused-ring (bicyclic) bond motifs is 8. The second-order valence-corrected chi connectivity index (χ2v) is 44.1. The molecule has 8 aliphatic rings. The van der Waals surface area contributed by atoms with E-state index in [4.69, 9.17) is 9.47 Å². The topological polar surface area (TPSA) is 24.9 Å². The fourth-order valence-electron chi connectivity index (χ4n) is 20.1. The first-order valence-corrected chi connectivity index (χ1v) is 41.0. The maximum absolute atomic E-state index is 6.45. The summed E-state index contributed by atoms with van der Waals surface area (Å²) in [5.74, 6) is 7.08. The van der Waals surface area contributed by atoms with Gasteiger partial charge in [0, 0.05) is 34.0 Å². The number of rotatable bonds is 10. The van der Waals surface area contributed by atoms with Crippen molar-refractivity contribution in [1.29, 1.82) is 0 Å². The maximum Gasteiger partial charge on any atom is 0.127 e. The molecule has 0 radical (unpaired) electrons. The fraction of sp³-hybridized carbons (Fsp3) is 0.605. The predicted molar refractivity (Wildman–Crippen MR) is 378 cm³/mol. The molecule has 7 unspecified atom stereocenters. The van der Waals surface area contributed by atoms with Crippen LogP contribution in [0.3, 0.4) is 0 Å². The van der Waals surface area contributed by atoms with E-state index in [0.29, 0.717) is 23.7 Å². The zero-order valence-corrected chi connectivity index (χ0v) is 60.5. The average molecular weight is 1210 g/mol. The standard InChI is InChI=1S/C41H59NOSi.C40H57NOSi/c1-27-23-28-24-35-33-22-21-32(43-31-19-17-29(18-20-31)39(2,3)4)25-36(33)41(8,9)37(35)26-34(28)38(27)44(10,11)42(40(5,6)7)30-15-13-12-14-16-30;1-38(2,3)28-17-19-30(20-18-28)42-31-21-22-32-34-24-27-16-23-37(33(27)26-36(34)40(7,8)35(32)25-31)43(9,10)41(39(4,5)6)29-14-12-11-13-15-29/h17-22,24-28,30,34,38H,12-16,23H2,1-11H3;17-22,24-27,29,33,37H,11-16,23H2,1-10H3. The van der Waals surface area contributed by atoms with Crippen LogP contribution in [0.1, 0.15) is 235 Å². The lowest BCUT2D eigenvalue weighted by Gasteiger charge is -2.56. The summed E-state index contributed by atoms with van der Waals surface area (Å²) < 4.78 is 19.1. The van der Waals surface area contributed by atoms with Gasteiger partial charge in [-0.1, -0.05) is 208 Å². The molecule has 12 rings (SSSR count). The molecule has 0 saturated heterocycles. The van der Waals surface area contributed by atoms with Crippen molar-refractivity contribution < 1.29 is 9.47 Å². The first-order valence-electron chi connectivity index (χ1n) is 34.9. The second kappa shape index (κ2) is 23.2. The lowest BCUT2D eigenvalue weighted by molar-refractivity contribution is 0.138. The molecule has 0 N–H and O–H groups in total. The summed E-state index contributed by atoms with van der Waals surface area (Å²) in [5.41, 5.74) is 16.7. The minimum Gasteiger partial charge on any atom is -0.457 e. The molecule has 0 aliphatic heterocycles. The zero-order valence-electron chi connectivity index (χ0n) is 58.5. The summed E-state index contributed by atoms with van der Waals surface area (Å²) in [5, 5.41) is 0. The van der Waals surface area contributed by atoms with E-state index in [1.807, 2.05) is 0 Å². The molecule has 6 heteroatoms. The van der Waals surface area contributed by atoms with Crippen LogP contribution in [0.15, 0.2) is 120 Å². The van der Waals surface area contributed by atoms with Crippen LogP contribution < -0.4 is 9.47 Å². The van der Waals surface area contributed by atoms with E-state index in [9.17, 15) is 0 Å². The van der Waals surface area contributed by atoms with Gasteiger partial charge in [0.05, 0.1) is 0 Å². The van der Waals surface area contributed by atoms with E-state index >= 15 is 0 Å². The molecule has 0 amide bonds. The van der Waals surface area contributed by atoms with Gasteiger partial charge in [-0.2, -0.15) is 0 Å². The maximum atomic E-state index is 6.45. The number of ether oxygens (including phenoxy) is 2. The molecule has 8 aliphatic carbocycles. The monoisotopic (exact) mass is 1200 g/mol. The lowest BCUT2D eigenvalue weighted by Crippen LogP contribution is -2.65. The van der Waals surface area contributed by atoms with E-state index in [1.54, 1.807) is 11.1 Å². The van der Waals surface area contributed by atoms with Gasteiger partial charge in [-0.3, -0.25) is 0 Å². The highest BCUT2D eigenvalue weighted by molar-refractivity contribution is 6.77. The van der Waals surface area contributed by atoms with Crippen LogP contribution in [0.5, 0.6) is 23.0 Å². The molecule has 87 heavy (non-hydrogen) atoms. The summed E-state index contributed by atoms with van der Waals surface area (Å²) in [7, 11) is -3.52. The first-order chi connectivity index (χ1) is 40.6. The number of hydrogen-bond acceptors (Lipinski definition) is 4. The van der Waals surface area contributed by atoms with Gasteiger partial charge in [-0.05, 0) is 236 Å². The highest BCUT2D eigenvalue weighted by Gasteiger charge is 2.57. The molecule has 470 valence electrons. The molecular weight excluding hydrogens is 1090 g/mol. The van der Waals surface area contributed by atoms with E-state index in [2.05, 4.69) is 262 Å². The van der Waals surface area contributed by atoms with Crippen LogP contribution in [0.2, 0.25) is 37.3 Å². The van der Waals surface area contributed by atoms with E-state index < -0.39 is 16.5 Å². The Morgan fingerprint density at radius 2 is 0.828 bits per heavy atom. The van der Waals surface area contributed by atoms with Crippen LogP contribution in [-0.2, 0) is 21.7 Å². The van der Waals surface area contributed by atoms with E-state index in [0.717, 1.165) is 52.1 Å². The van der Waals surface area contributed by atoms with Crippen LogP contribution >= 0.6 is 0 Å². The third-order valence-electron chi connectivity index (χ3n) is 23.5. The summed E-state index contributed by atoms with van der Waals surface area (Å²) in [6, 6.07) is 32.5. The van der Waals surface area contributed by atoms with Crippen molar-refractivity contribution in [2.75, 3.05) is 0 Å². The molecule has 0 heterocycles. The van der Waals surface area contributed by atoms with Gasteiger partial charge in [0.2, 0.25) is 0 Å². The Morgan fingerprint density at radius 3 is 1.24 bits per heavy atom. The smallest absolute Gasteiger partial charge is 0.127 e. The molecule has 0 aromatic heterocycles. The van der Waals surface area contributed by atoms with Gasteiger partial charge >= 0.3 is 0 Å². The Bertz CT molecular complexity index is 3290.